The molecule has 9 heteroatoms. The largest absolute Gasteiger partial charge is 0.504 e. The van der Waals surface area contributed by atoms with E-state index in [1.165, 1.54) is 55.6 Å². The summed E-state index contributed by atoms with van der Waals surface area (Å²) in [6, 6.07) is 13.4. The first-order chi connectivity index (χ1) is 16.0. The smallest absolute Gasteiger partial charge is 0.416 e. The van der Waals surface area contributed by atoms with Gasteiger partial charge in [-0.3, -0.25) is 9.59 Å². The van der Waals surface area contributed by atoms with Crippen molar-refractivity contribution in [1.82, 2.24) is 5.32 Å². The number of hydrogen-bond donors (Lipinski definition) is 4. The molecule has 3 aromatic rings. The molecule has 0 heterocycles. The molecule has 1 aliphatic carbocycles. The predicted molar refractivity (Wildman–Crippen MR) is 120 cm³/mol. The number of alkyl halides is 3. The number of anilines is 1. The fraction of sp³-hybridized carbons (Fsp3) is 0.200. The van der Waals surface area contributed by atoms with E-state index in [1.54, 1.807) is 0 Å². The number of hydrogen-bond acceptors (Lipinski definition) is 4. The molecule has 4 rings (SSSR count). The first-order valence-corrected chi connectivity index (χ1v) is 10.4. The normalized spacial score (nSPS) is 14.4. The third-order valence-electron chi connectivity index (χ3n) is 5.94. The molecule has 0 saturated heterocycles. The Bertz CT molecular complexity index is 1270. The second-order valence-corrected chi connectivity index (χ2v) is 8.19. The van der Waals surface area contributed by atoms with E-state index in [4.69, 9.17) is 0 Å². The Labute approximate surface area is 193 Å². The lowest BCUT2D eigenvalue weighted by Crippen LogP contribution is -2.28. The van der Waals surface area contributed by atoms with Gasteiger partial charge in [0.25, 0.3) is 5.91 Å². The number of benzene rings is 3. The average Bonchev–Trinajstić information content (AvgIpc) is 3.62. The van der Waals surface area contributed by atoms with Crippen molar-refractivity contribution in [2.24, 2.45) is 0 Å². The van der Waals surface area contributed by atoms with Crippen LogP contribution in [0.2, 0.25) is 0 Å². The van der Waals surface area contributed by atoms with Gasteiger partial charge in [-0.05, 0) is 72.0 Å². The van der Waals surface area contributed by atoms with Gasteiger partial charge in [-0.2, -0.15) is 13.2 Å². The summed E-state index contributed by atoms with van der Waals surface area (Å²) in [5, 5.41) is 24.4. The molecule has 1 aliphatic rings. The standard InChI is InChI=1S/C25H21F3N2O4/c1-29-22(33)15-4-2-14(3-5-15)16-10-18(25(26,27)28)12-19(11-16)30-23(34)24(8-9-24)17-6-7-20(31)21(32)13-17/h2-7,10-13,31-32H,8-9H2,1H3,(H,29,33)(H,30,34). The van der Waals surface area contributed by atoms with E-state index in [0.717, 1.165) is 12.1 Å². The maximum atomic E-state index is 13.6. The predicted octanol–water partition coefficient (Wildman–Crippen LogP) is 4.81. The Morgan fingerprint density at radius 1 is 0.882 bits per heavy atom. The third kappa shape index (κ3) is 4.41. The quantitative estimate of drug-likeness (QED) is 0.402. The summed E-state index contributed by atoms with van der Waals surface area (Å²) >= 11 is 0. The van der Waals surface area contributed by atoms with E-state index in [0.29, 0.717) is 29.5 Å². The van der Waals surface area contributed by atoms with Crippen LogP contribution < -0.4 is 10.6 Å². The molecule has 6 nitrogen and oxygen atoms in total. The number of nitrogens with one attached hydrogen (secondary N) is 2. The zero-order chi connectivity index (χ0) is 24.7. The van der Waals surface area contributed by atoms with Crippen LogP contribution in [0.4, 0.5) is 18.9 Å². The third-order valence-corrected chi connectivity index (χ3v) is 5.94. The molecular formula is C25H21F3N2O4. The van der Waals surface area contributed by atoms with E-state index in [2.05, 4.69) is 10.6 Å². The summed E-state index contributed by atoms with van der Waals surface area (Å²) in [6.45, 7) is 0. The minimum absolute atomic E-state index is 0.0283. The van der Waals surface area contributed by atoms with Crippen molar-refractivity contribution in [3.8, 4) is 22.6 Å². The highest BCUT2D eigenvalue weighted by atomic mass is 19.4. The van der Waals surface area contributed by atoms with E-state index in [-0.39, 0.29) is 28.7 Å². The Morgan fingerprint density at radius 3 is 2.12 bits per heavy atom. The summed E-state index contributed by atoms with van der Waals surface area (Å²) in [5.41, 5.74) is -0.451. The fourth-order valence-corrected chi connectivity index (χ4v) is 3.83. The molecule has 0 aliphatic heterocycles. The van der Waals surface area contributed by atoms with Gasteiger partial charge in [0.15, 0.2) is 11.5 Å². The van der Waals surface area contributed by atoms with Crippen LogP contribution in [0.5, 0.6) is 11.5 Å². The molecule has 0 aromatic heterocycles. The van der Waals surface area contributed by atoms with Crippen molar-refractivity contribution in [2.45, 2.75) is 24.4 Å². The van der Waals surface area contributed by atoms with Crippen LogP contribution >= 0.6 is 0 Å². The van der Waals surface area contributed by atoms with E-state index >= 15 is 0 Å². The lowest BCUT2D eigenvalue weighted by atomic mass is 9.94. The summed E-state index contributed by atoms with van der Waals surface area (Å²) in [5.74, 6) is -1.53. The lowest BCUT2D eigenvalue weighted by Gasteiger charge is -2.18. The molecular weight excluding hydrogens is 449 g/mol. The molecule has 1 saturated carbocycles. The molecule has 0 atom stereocenters. The molecule has 34 heavy (non-hydrogen) atoms. The Balaban J connectivity index is 1.67. The number of rotatable bonds is 5. The first kappa shape index (κ1) is 23.2. The van der Waals surface area contributed by atoms with Gasteiger partial charge in [0.1, 0.15) is 0 Å². The Morgan fingerprint density at radius 2 is 1.56 bits per heavy atom. The Hall–Kier alpha value is -4.01. The van der Waals surface area contributed by atoms with Gasteiger partial charge >= 0.3 is 6.18 Å². The number of carbonyl (C=O) groups is 2. The summed E-state index contributed by atoms with van der Waals surface area (Å²) in [6.07, 6.45) is -3.73. The molecule has 4 N–H and O–H groups in total. The zero-order valence-corrected chi connectivity index (χ0v) is 18.0. The molecule has 0 spiro atoms. The van der Waals surface area contributed by atoms with Crippen molar-refractivity contribution in [3.05, 3.63) is 77.4 Å². The molecule has 2 amide bonds. The molecule has 0 radical (unpaired) electrons. The van der Waals surface area contributed by atoms with Gasteiger partial charge in [0.2, 0.25) is 5.91 Å². The van der Waals surface area contributed by atoms with Crippen LogP contribution in [0, 0.1) is 0 Å². The summed E-state index contributed by atoms with van der Waals surface area (Å²) < 4.78 is 40.8. The minimum atomic E-state index is -4.64. The van der Waals surface area contributed by atoms with Crippen LogP contribution in [0.3, 0.4) is 0 Å². The highest BCUT2D eigenvalue weighted by Crippen LogP contribution is 2.50. The maximum absolute atomic E-state index is 13.6. The van der Waals surface area contributed by atoms with Crippen molar-refractivity contribution >= 4 is 17.5 Å². The fourth-order valence-electron chi connectivity index (χ4n) is 3.83. The van der Waals surface area contributed by atoms with E-state index in [1.807, 2.05) is 0 Å². The van der Waals surface area contributed by atoms with Gasteiger partial charge in [-0.15, -0.1) is 0 Å². The summed E-state index contributed by atoms with van der Waals surface area (Å²) in [7, 11) is 1.48. The number of aromatic hydroxyl groups is 2. The SMILES string of the molecule is CNC(=O)c1ccc(-c2cc(NC(=O)C3(c4ccc(O)c(O)c4)CC3)cc(C(F)(F)F)c2)cc1. The van der Waals surface area contributed by atoms with E-state index < -0.39 is 23.1 Å². The van der Waals surface area contributed by atoms with Gasteiger partial charge in [-0.25, -0.2) is 0 Å². The van der Waals surface area contributed by atoms with Crippen molar-refractivity contribution < 1.29 is 33.0 Å². The lowest BCUT2D eigenvalue weighted by molar-refractivity contribution is -0.137. The van der Waals surface area contributed by atoms with Crippen LogP contribution in [-0.4, -0.2) is 29.1 Å². The highest BCUT2D eigenvalue weighted by molar-refractivity contribution is 6.02. The second kappa shape index (κ2) is 8.40. The molecule has 1 fully saturated rings. The van der Waals surface area contributed by atoms with Gasteiger partial charge in [0.05, 0.1) is 11.0 Å². The topological polar surface area (TPSA) is 98.7 Å². The number of carbonyl (C=O) groups excluding carboxylic acids is 2. The first-order valence-electron chi connectivity index (χ1n) is 10.4. The van der Waals surface area contributed by atoms with Crippen LogP contribution in [0.15, 0.2) is 60.7 Å². The monoisotopic (exact) mass is 470 g/mol. The van der Waals surface area contributed by atoms with Crippen molar-refractivity contribution in [1.29, 1.82) is 0 Å². The average molecular weight is 470 g/mol. The number of halogens is 3. The number of phenolic OH excluding ortho intramolecular Hbond substituents is 2. The Kier molecular flexibility index (Phi) is 5.72. The maximum Gasteiger partial charge on any atom is 0.416 e. The van der Waals surface area contributed by atoms with Crippen LogP contribution in [-0.2, 0) is 16.4 Å². The minimum Gasteiger partial charge on any atom is -0.504 e. The van der Waals surface area contributed by atoms with Gasteiger partial charge < -0.3 is 20.8 Å². The second-order valence-electron chi connectivity index (χ2n) is 8.19. The molecule has 3 aromatic carbocycles. The molecule has 176 valence electrons. The summed E-state index contributed by atoms with van der Waals surface area (Å²) in [4.78, 5) is 24.8. The van der Waals surface area contributed by atoms with E-state index in [9.17, 15) is 33.0 Å². The molecule has 0 bridgehead atoms. The van der Waals surface area contributed by atoms with Crippen LogP contribution in [0.1, 0.15) is 34.3 Å². The molecule has 0 unspecified atom stereocenters. The van der Waals surface area contributed by atoms with Crippen molar-refractivity contribution in [2.75, 3.05) is 12.4 Å². The van der Waals surface area contributed by atoms with Gasteiger partial charge in [-0.1, -0.05) is 18.2 Å². The van der Waals surface area contributed by atoms with Crippen LogP contribution in [0.25, 0.3) is 11.1 Å². The number of amides is 2. The van der Waals surface area contributed by atoms with Crippen molar-refractivity contribution in [3.63, 3.8) is 0 Å². The van der Waals surface area contributed by atoms with Gasteiger partial charge in [0, 0.05) is 18.3 Å². The highest BCUT2D eigenvalue weighted by Gasteiger charge is 2.51. The zero-order valence-electron chi connectivity index (χ0n) is 18.0. The number of phenols is 2.